The zero-order valence-electron chi connectivity index (χ0n) is 12.5. The first-order valence-corrected chi connectivity index (χ1v) is 6.76. The molecule has 0 saturated heterocycles. The zero-order valence-corrected chi connectivity index (χ0v) is 12.5. The van der Waals surface area contributed by atoms with Gasteiger partial charge in [0.1, 0.15) is 5.41 Å². The van der Waals surface area contributed by atoms with E-state index < -0.39 is 5.41 Å². The fraction of sp³-hybridized carbons (Fsp3) is 0.769. The molecule has 0 atom stereocenters. The minimum absolute atomic E-state index is 0.0211. The largest absolute Gasteiger partial charge is 0.409 e. The quantitative estimate of drug-likeness (QED) is 0.288. The van der Waals surface area contributed by atoms with Crippen molar-refractivity contribution in [2.75, 3.05) is 13.6 Å². The molecule has 4 N–H and O–H groups in total. The summed E-state index contributed by atoms with van der Waals surface area (Å²) in [6.45, 7) is 5.67. The highest BCUT2D eigenvalue weighted by Crippen LogP contribution is 2.46. The lowest BCUT2D eigenvalue weighted by atomic mass is 9.61. The van der Waals surface area contributed by atoms with Crippen molar-refractivity contribution in [1.82, 2.24) is 10.2 Å². The maximum Gasteiger partial charge on any atom is 0.239 e. The number of nitrogens with zero attached hydrogens (tertiary/aromatic N) is 2. The van der Waals surface area contributed by atoms with Crippen LogP contribution < -0.4 is 11.1 Å². The van der Waals surface area contributed by atoms with Crippen molar-refractivity contribution in [1.29, 1.82) is 0 Å². The SMILES string of the molecule is CC1CC(C(=O)N(C)CC(=O)NC(C)C)(C(N)=NO)C1. The van der Waals surface area contributed by atoms with E-state index in [9.17, 15) is 9.59 Å². The third-order valence-corrected chi connectivity index (χ3v) is 3.58. The van der Waals surface area contributed by atoms with E-state index in [1.165, 1.54) is 4.90 Å². The van der Waals surface area contributed by atoms with E-state index in [1.54, 1.807) is 7.05 Å². The first kappa shape index (κ1) is 16.3. The topological polar surface area (TPSA) is 108 Å². The molecule has 0 radical (unpaired) electrons. The van der Waals surface area contributed by atoms with Gasteiger partial charge < -0.3 is 21.2 Å². The fourth-order valence-electron chi connectivity index (χ4n) is 2.74. The van der Waals surface area contributed by atoms with Gasteiger partial charge in [-0.2, -0.15) is 0 Å². The average Bonchev–Trinajstić information content (AvgIpc) is 2.31. The Bertz CT molecular complexity index is 414. The summed E-state index contributed by atoms with van der Waals surface area (Å²) in [5, 5.41) is 14.6. The second kappa shape index (κ2) is 6.11. The number of oxime groups is 1. The van der Waals surface area contributed by atoms with Gasteiger partial charge in [0.2, 0.25) is 11.8 Å². The van der Waals surface area contributed by atoms with Crippen molar-refractivity contribution < 1.29 is 14.8 Å². The van der Waals surface area contributed by atoms with Gasteiger partial charge >= 0.3 is 0 Å². The standard InChI is InChI=1S/C13H24N4O3/c1-8(2)15-10(18)7-17(4)12(19)13(11(14)16-20)5-9(3)6-13/h8-9,20H,5-7H2,1-4H3,(H2,14,16)(H,15,18). The van der Waals surface area contributed by atoms with Crippen LogP contribution in [-0.4, -0.2) is 47.4 Å². The van der Waals surface area contributed by atoms with E-state index in [0.717, 1.165) is 0 Å². The van der Waals surface area contributed by atoms with E-state index in [1.807, 2.05) is 20.8 Å². The van der Waals surface area contributed by atoms with Crippen LogP contribution in [0.25, 0.3) is 0 Å². The molecule has 2 amide bonds. The smallest absolute Gasteiger partial charge is 0.239 e. The predicted molar refractivity (Wildman–Crippen MR) is 75.2 cm³/mol. The summed E-state index contributed by atoms with van der Waals surface area (Å²) >= 11 is 0. The van der Waals surface area contributed by atoms with Gasteiger partial charge in [-0.05, 0) is 32.6 Å². The molecule has 7 nitrogen and oxygen atoms in total. The van der Waals surface area contributed by atoms with Crippen LogP contribution in [0.5, 0.6) is 0 Å². The third-order valence-electron chi connectivity index (χ3n) is 3.58. The summed E-state index contributed by atoms with van der Waals surface area (Å²) in [6.07, 6.45) is 1.08. The number of nitrogens with two attached hydrogens (primary N) is 1. The van der Waals surface area contributed by atoms with Crippen molar-refractivity contribution in [3.8, 4) is 0 Å². The Labute approximate surface area is 119 Å². The first-order valence-electron chi connectivity index (χ1n) is 6.76. The van der Waals surface area contributed by atoms with Crippen LogP contribution >= 0.6 is 0 Å². The first-order chi connectivity index (χ1) is 9.22. The van der Waals surface area contributed by atoms with Gasteiger partial charge in [-0.25, -0.2) is 0 Å². The van der Waals surface area contributed by atoms with E-state index in [0.29, 0.717) is 18.8 Å². The Morgan fingerprint density at radius 3 is 2.45 bits per heavy atom. The Morgan fingerprint density at radius 1 is 1.50 bits per heavy atom. The highest BCUT2D eigenvalue weighted by atomic mass is 16.4. The van der Waals surface area contributed by atoms with E-state index in [-0.39, 0.29) is 30.2 Å². The van der Waals surface area contributed by atoms with Crippen LogP contribution in [0.4, 0.5) is 0 Å². The monoisotopic (exact) mass is 284 g/mol. The number of amides is 2. The minimum Gasteiger partial charge on any atom is -0.409 e. The molecule has 7 heteroatoms. The van der Waals surface area contributed by atoms with Crippen LogP contribution in [0.3, 0.4) is 0 Å². The number of likely N-dealkylation sites (N-methyl/N-ethyl adjacent to an activating group) is 1. The molecule has 20 heavy (non-hydrogen) atoms. The lowest BCUT2D eigenvalue weighted by Crippen LogP contribution is -2.58. The van der Waals surface area contributed by atoms with Crippen molar-refractivity contribution in [2.45, 2.75) is 39.7 Å². The van der Waals surface area contributed by atoms with Gasteiger partial charge in [-0.3, -0.25) is 9.59 Å². The Kier molecular flexibility index (Phi) is 4.97. The van der Waals surface area contributed by atoms with E-state index in [4.69, 9.17) is 10.9 Å². The molecule has 0 spiro atoms. The molecular formula is C13H24N4O3. The minimum atomic E-state index is -0.957. The average molecular weight is 284 g/mol. The van der Waals surface area contributed by atoms with Gasteiger partial charge in [0, 0.05) is 13.1 Å². The molecule has 114 valence electrons. The molecule has 0 aromatic rings. The summed E-state index contributed by atoms with van der Waals surface area (Å²) in [4.78, 5) is 25.5. The Morgan fingerprint density at radius 2 is 2.05 bits per heavy atom. The van der Waals surface area contributed by atoms with E-state index in [2.05, 4.69) is 10.5 Å². The second-order valence-corrected chi connectivity index (χ2v) is 5.96. The molecule has 0 bridgehead atoms. The molecular weight excluding hydrogens is 260 g/mol. The molecule has 1 saturated carbocycles. The lowest BCUT2D eigenvalue weighted by Gasteiger charge is -2.45. The molecule has 0 aliphatic heterocycles. The highest BCUT2D eigenvalue weighted by molar-refractivity contribution is 6.08. The second-order valence-electron chi connectivity index (χ2n) is 5.96. The number of hydrogen-bond donors (Lipinski definition) is 3. The van der Waals surface area contributed by atoms with Crippen molar-refractivity contribution >= 4 is 17.6 Å². The van der Waals surface area contributed by atoms with Crippen molar-refractivity contribution in [3.63, 3.8) is 0 Å². The maximum atomic E-state index is 12.5. The Hall–Kier alpha value is -1.79. The summed E-state index contributed by atoms with van der Waals surface area (Å²) in [7, 11) is 1.55. The molecule has 1 rings (SSSR count). The van der Waals surface area contributed by atoms with Gasteiger partial charge in [0.05, 0.1) is 6.54 Å². The molecule has 1 fully saturated rings. The van der Waals surface area contributed by atoms with Gasteiger partial charge in [-0.1, -0.05) is 12.1 Å². The number of nitrogens with one attached hydrogen (secondary N) is 1. The van der Waals surface area contributed by atoms with Crippen LogP contribution in [0, 0.1) is 11.3 Å². The van der Waals surface area contributed by atoms with Crippen LogP contribution in [0.1, 0.15) is 33.6 Å². The zero-order chi connectivity index (χ0) is 15.5. The summed E-state index contributed by atoms with van der Waals surface area (Å²) in [5.74, 6) is -0.225. The molecule has 0 aromatic heterocycles. The number of amidine groups is 1. The highest BCUT2D eigenvalue weighted by Gasteiger charge is 2.53. The van der Waals surface area contributed by atoms with Crippen LogP contribution in [-0.2, 0) is 9.59 Å². The number of carbonyl (C=O) groups excluding carboxylic acids is 2. The number of rotatable bonds is 5. The number of hydrogen-bond acceptors (Lipinski definition) is 4. The summed E-state index contributed by atoms with van der Waals surface area (Å²) in [5.41, 5.74) is 4.72. The van der Waals surface area contributed by atoms with E-state index >= 15 is 0 Å². The predicted octanol–water partition coefficient (Wildman–Crippen LogP) is 0.132. The van der Waals surface area contributed by atoms with Gasteiger partial charge in [-0.15, -0.1) is 0 Å². The van der Waals surface area contributed by atoms with Crippen molar-refractivity contribution in [2.24, 2.45) is 22.2 Å². The van der Waals surface area contributed by atoms with Crippen LogP contribution in [0.15, 0.2) is 5.16 Å². The summed E-state index contributed by atoms with van der Waals surface area (Å²) in [6, 6.07) is 0.0211. The molecule has 0 heterocycles. The fourth-order valence-corrected chi connectivity index (χ4v) is 2.74. The van der Waals surface area contributed by atoms with Gasteiger partial charge in [0.25, 0.3) is 0 Å². The molecule has 0 aromatic carbocycles. The number of carbonyl (C=O) groups is 2. The van der Waals surface area contributed by atoms with Crippen LogP contribution in [0.2, 0.25) is 0 Å². The Balaban J connectivity index is 2.74. The summed E-state index contributed by atoms with van der Waals surface area (Å²) < 4.78 is 0. The molecule has 1 aliphatic rings. The third kappa shape index (κ3) is 3.20. The molecule has 1 aliphatic carbocycles. The molecule has 0 unspecified atom stereocenters. The van der Waals surface area contributed by atoms with Gasteiger partial charge in [0.15, 0.2) is 5.84 Å². The maximum absolute atomic E-state index is 12.5. The normalized spacial score (nSPS) is 26.1. The lowest BCUT2D eigenvalue weighted by molar-refractivity contribution is -0.145. The van der Waals surface area contributed by atoms with Crippen molar-refractivity contribution in [3.05, 3.63) is 0 Å².